The van der Waals surface area contributed by atoms with Crippen LogP contribution in [0.5, 0.6) is 0 Å². The average molecular weight is 101 g/mol. The number of hydrogen-bond donors (Lipinski definition) is 0. The van der Waals surface area contributed by atoms with Gasteiger partial charge in [-0.3, -0.25) is 0 Å². The molecule has 0 amide bonds. The van der Waals surface area contributed by atoms with Crippen LogP contribution in [-0.4, -0.2) is 5.54 Å². The Balaban J connectivity index is 3.58. The van der Waals surface area contributed by atoms with E-state index in [1.165, 1.54) is 0 Å². The minimum Gasteiger partial charge on any atom is -0.150 e. The largest absolute Gasteiger partial charge is 0.150 e. The van der Waals surface area contributed by atoms with Crippen LogP contribution in [0.15, 0.2) is 5.18 Å². The molecule has 0 bridgehead atoms. The van der Waals surface area contributed by atoms with Crippen molar-refractivity contribution in [2.75, 3.05) is 0 Å². The third kappa shape index (κ3) is 2.31. The van der Waals surface area contributed by atoms with E-state index in [2.05, 4.69) is 5.18 Å². The first-order valence-electron chi connectivity index (χ1n) is 2.47. The van der Waals surface area contributed by atoms with E-state index in [1.807, 2.05) is 20.8 Å². The molecule has 0 rings (SSSR count). The summed E-state index contributed by atoms with van der Waals surface area (Å²) in [5.74, 6) is 0. The molecular weight excluding hydrogens is 90.1 g/mol. The van der Waals surface area contributed by atoms with E-state index in [4.69, 9.17) is 0 Å². The molecular formula is C5H11NO. The summed E-state index contributed by atoms with van der Waals surface area (Å²) >= 11 is 0. The summed E-state index contributed by atoms with van der Waals surface area (Å²) < 4.78 is 0. The Bertz CT molecular complexity index is 68.5. The van der Waals surface area contributed by atoms with E-state index in [0.717, 1.165) is 6.42 Å². The van der Waals surface area contributed by atoms with Crippen LogP contribution in [0.3, 0.4) is 0 Å². The van der Waals surface area contributed by atoms with E-state index in [0.29, 0.717) is 0 Å². The van der Waals surface area contributed by atoms with Gasteiger partial charge in [0.2, 0.25) is 0 Å². The van der Waals surface area contributed by atoms with Crippen LogP contribution in [0.25, 0.3) is 0 Å². The molecule has 0 saturated heterocycles. The van der Waals surface area contributed by atoms with Crippen LogP contribution >= 0.6 is 0 Å². The third-order valence-electron chi connectivity index (χ3n) is 1.11. The van der Waals surface area contributed by atoms with Gasteiger partial charge in [0.25, 0.3) is 0 Å². The molecule has 0 aliphatic heterocycles. The predicted octanol–water partition coefficient (Wildman–Crippen LogP) is 1.94. The fourth-order valence-electron chi connectivity index (χ4n) is 0.0645. The van der Waals surface area contributed by atoms with E-state index in [-0.39, 0.29) is 5.54 Å². The van der Waals surface area contributed by atoms with Gasteiger partial charge in [-0.15, -0.1) is 0 Å². The quantitative estimate of drug-likeness (QED) is 0.489. The third-order valence-corrected chi connectivity index (χ3v) is 1.11. The number of nitroso groups, excluding NO2 is 1. The normalized spacial score (nSPS) is 11.3. The van der Waals surface area contributed by atoms with Crippen LogP contribution in [0, 0.1) is 4.91 Å². The summed E-state index contributed by atoms with van der Waals surface area (Å²) in [5, 5.41) is 2.89. The maximum atomic E-state index is 9.81. The zero-order chi connectivity index (χ0) is 5.91. The lowest BCUT2D eigenvalue weighted by Crippen LogP contribution is -2.12. The van der Waals surface area contributed by atoms with Crippen LogP contribution in [0.4, 0.5) is 0 Å². The van der Waals surface area contributed by atoms with Gasteiger partial charge in [-0.2, -0.15) is 4.91 Å². The van der Waals surface area contributed by atoms with Gasteiger partial charge in [0.1, 0.15) is 0 Å². The Kier molecular flexibility index (Phi) is 1.93. The molecule has 0 spiro atoms. The topological polar surface area (TPSA) is 29.4 Å². The number of rotatable bonds is 2. The lowest BCUT2D eigenvalue weighted by Gasteiger charge is -2.08. The van der Waals surface area contributed by atoms with Crippen molar-refractivity contribution in [3.05, 3.63) is 4.91 Å². The van der Waals surface area contributed by atoms with Crippen molar-refractivity contribution >= 4 is 0 Å². The highest BCUT2D eigenvalue weighted by atomic mass is 16.3. The zero-order valence-electron chi connectivity index (χ0n) is 5.06. The molecule has 0 atom stereocenters. The Morgan fingerprint density at radius 3 is 2.00 bits per heavy atom. The second-order valence-corrected chi connectivity index (χ2v) is 2.26. The van der Waals surface area contributed by atoms with Gasteiger partial charge in [-0.1, -0.05) is 12.1 Å². The van der Waals surface area contributed by atoms with Crippen molar-refractivity contribution in [2.24, 2.45) is 5.18 Å². The summed E-state index contributed by atoms with van der Waals surface area (Å²) in [6.45, 7) is 5.58. The van der Waals surface area contributed by atoms with Gasteiger partial charge < -0.3 is 0 Å². The smallest absolute Gasteiger partial charge is 0.0968 e. The zero-order valence-corrected chi connectivity index (χ0v) is 5.06. The van der Waals surface area contributed by atoms with E-state index in [1.54, 1.807) is 0 Å². The maximum absolute atomic E-state index is 9.81. The molecule has 0 saturated carbocycles. The fraction of sp³-hybridized carbons (Fsp3) is 1.00. The van der Waals surface area contributed by atoms with Gasteiger partial charge in [-0.05, 0) is 20.3 Å². The molecule has 7 heavy (non-hydrogen) atoms. The first-order valence-corrected chi connectivity index (χ1v) is 2.47. The van der Waals surface area contributed by atoms with Crippen molar-refractivity contribution in [3.63, 3.8) is 0 Å². The predicted molar refractivity (Wildman–Crippen MR) is 30.2 cm³/mol. The van der Waals surface area contributed by atoms with Crippen molar-refractivity contribution < 1.29 is 0 Å². The Morgan fingerprint density at radius 2 is 2.00 bits per heavy atom. The lowest BCUT2D eigenvalue weighted by atomic mass is 10.0. The molecule has 0 aromatic carbocycles. The van der Waals surface area contributed by atoms with E-state index >= 15 is 0 Å². The van der Waals surface area contributed by atoms with Crippen molar-refractivity contribution in [3.8, 4) is 0 Å². The van der Waals surface area contributed by atoms with E-state index < -0.39 is 0 Å². The second-order valence-electron chi connectivity index (χ2n) is 2.26. The first kappa shape index (κ1) is 6.60. The molecule has 0 radical (unpaired) electrons. The first-order chi connectivity index (χ1) is 3.12. The van der Waals surface area contributed by atoms with Crippen LogP contribution < -0.4 is 0 Å². The minimum absolute atomic E-state index is 0.347. The molecule has 2 nitrogen and oxygen atoms in total. The van der Waals surface area contributed by atoms with Gasteiger partial charge in [-0.25, -0.2) is 0 Å². The Hall–Kier alpha value is -0.400. The summed E-state index contributed by atoms with van der Waals surface area (Å²) in [6.07, 6.45) is 0.816. The summed E-state index contributed by atoms with van der Waals surface area (Å²) in [6, 6.07) is 0. The summed E-state index contributed by atoms with van der Waals surface area (Å²) in [5.41, 5.74) is -0.347. The molecule has 42 valence electrons. The summed E-state index contributed by atoms with van der Waals surface area (Å²) in [4.78, 5) is 9.81. The molecule has 0 fully saturated rings. The van der Waals surface area contributed by atoms with E-state index in [9.17, 15) is 4.91 Å². The standard InChI is InChI=1S/C5H11NO/c1-4-5(2,3)6-7/h4H2,1-3H3. The highest BCUT2D eigenvalue weighted by Gasteiger charge is 2.12. The molecule has 0 aliphatic carbocycles. The molecule has 0 aromatic rings. The minimum atomic E-state index is -0.347. The molecule has 0 aliphatic rings. The van der Waals surface area contributed by atoms with Crippen LogP contribution in [0.1, 0.15) is 27.2 Å². The molecule has 2 heteroatoms. The van der Waals surface area contributed by atoms with Crippen LogP contribution in [-0.2, 0) is 0 Å². The fourth-order valence-corrected chi connectivity index (χ4v) is 0.0645. The Morgan fingerprint density at radius 1 is 1.57 bits per heavy atom. The highest BCUT2D eigenvalue weighted by Crippen LogP contribution is 2.11. The van der Waals surface area contributed by atoms with Crippen molar-refractivity contribution in [1.29, 1.82) is 0 Å². The lowest BCUT2D eigenvalue weighted by molar-refractivity contribution is 0.500. The second kappa shape index (κ2) is 2.05. The van der Waals surface area contributed by atoms with Gasteiger partial charge in [0.15, 0.2) is 0 Å². The van der Waals surface area contributed by atoms with Crippen molar-refractivity contribution in [1.82, 2.24) is 0 Å². The summed E-state index contributed by atoms with van der Waals surface area (Å²) in [7, 11) is 0. The molecule has 0 heterocycles. The monoisotopic (exact) mass is 101 g/mol. The SMILES string of the molecule is CCC(C)(C)N=O. The Labute approximate surface area is 43.9 Å². The molecule has 0 aromatic heterocycles. The average Bonchev–Trinajstić information content (AvgIpc) is 1.68. The van der Waals surface area contributed by atoms with Gasteiger partial charge in [0, 0.05) is 0 Å². The highest BCUT2D eigenvalue weighted by molar-refractivity contribution is 4.72. The molecule has 0 N–H and O–H groups in total. The number of hydrogen-bond acceptors (Lipinski definition) is 2. The van der Waals surface area contributed by atoms with Crippen LogP contribution in [0.2, 0.25) is 0 Å². The van der Waals surface area contributed by atoms with Crippen molar-refractivity contribution in [2.45, 2.75) is 32.7 Å². The van der Waals surface area contributed by atoms with Gasteiger partial charge >= 0.3 is 0 Å². The number of nitrogens with zero attached hydrogens (tertiary/aromatic N) is 1. The van der Waals surface area contributed by atoms with Gasteiger partial charge in [0.05, 0.1) is 5.54 Å². The molecule has 0 unspecified atom stereocenters. The maximum Gasteiger partial charge on any atom is 0.0968 e.